The van der Waals surface area contributed by atoms with E-state index in [9.17, 15) is 9.59 Å². The highest BCUT2D eigenvalue weighted by Crippen LogP contribution is 2.18. The van der Waals surface area contributed by atoms with Crippen molar-refractivity contribution in [2.75, 3.05) is 20.6 Å². The fourth-order valence-corrected chi connectivity index (χ4v) is 2.31. The van der Waals surface area contributed by atoms with E-state index in [1.54, 1.807) is 30.0 Å². The maximum absolute atomic E-state index is 12.4. The third-order valence-electron chi connectivity index (χ3n) is 3.56. The van der Waals surface area contributed by atoms with Crippen LogP contribution in [0.4, 0.5) is 0 Å². The van der Waals surface area contributed by atoms with Crippen LogP contribution >= 0.6 is 0 Å². The monoisotopic (exact) mass is 246 g/mol. The Morgan fingerprint density at radius 2 is 2.06 bits per heavy atom. The van der Waals surface area contributed by atoms with Crippen LogP contribution in [-0.2, 0) is 4.79 Å². The average molecular weight is 246 g/mol. The SMILES string of the molecule is Cc1ccccc1C(=O)N(C)C1CCN(C)C1=O. The number of hydrogen-bond acceptors (Lipinski definition) is 2. The Morgan fingerprint density at radius 1 is 1.39 bits per heavy atom. The minimum atomic E-state index is -0.317. The molecule has 1 aromatic carbocycles. The van der Waals surface area contributed by atoms with Crippen LogP contribution in [0.1, 0.15) is 22.3 Å². The molecule has 96 valence electrons. The first-order valence-electron chi connectivity index (χ1n) is 6.10. The van der Waals surface area contributed by atoms with Crippen molar-refractivity contribution >= 4 is 11.8 Å². The molecule has 0 N–H and O–H groups in total. The first-order chi connectivity index (χ1) is 8.52. The third kappa shape index (κ3) is 2.10. The summed E-state index contributed by atoms with van der Waals surface area (Å²) in [6.07, 6.45) is 0.712. The summed E-state index contributed by atoms with van der Waals surface area (Å²) in [5.41, 5.74) is 1.61. The number of likely N-dealkylation sites (N-methyl/N-ethyl adjacent to an activating group) is 2. The van der Waals surface area contributed by atoms with Crippen molar-refractivity contribution in [2.45, 2.75) is 19.4 Å². The van der Waals surface area contributed by atoms with Gasteiger partial charge in [-0.25, -0.2) is 0 Å². The molecule has 0 aromatic heterocycles. The van der Waals surface area contributed by atoms with Crippen molar-refractivity contribution in [3.8, 4) is 0 Å². The Hall–Kier alpha value is -1.84. The maximum atomic E-state index is 12.4. The highest BCUT2D eigenvalue weighted by molar-refractivity contribution is 5.98. The van der Waals surface area contributed by atoms with Crippen LogP contribution in [0, 0.1) is 6.92 Å². The topological polar surface area (TPSA) is 40.6 Å². The Bertz CT molecular complexity index is 484. The molecule has 1 unspecified atom stereocenters. The fourth-order valence-electron chi connectivity index (χ4n) is 2.31. The zero-order valence-electron chi connectivity index (χ0n) is 11.0. The highest BCUT2D eigenvalue weighted by Gasteiger charge is 2.34. The van der Waals surface area contributed by atoms with E-state index >= 15 is 0 Å². The van der Waals surface area contributed by atoms with Crippen molar-refractivity contribution in [3.05, 3.63) is 35.4 Å². The Labute approximate surface area is 107 Å². The number of carbonyl (C=O) groups excluding carboxylic acids is 2. The standard InChI is InChI=1S/C14H18N2O2/c1-10-6-4-5-7-11(10)13(17)16(3)12-8-9-15(2)14(12)18/h4-7,12H,8-9H2,1-3H3. The number of likely N-dealkylation sites (tertiary alicyclic amines) is 1. The van der Waals surface area contributed by atoms with E-state index in [1.807, 2.05) is 25.1 Å². The lowest BCUT2D eigenvalue weighted by molar-refractivity contribution is -0.130. The summed E-state index contributed by atoms with van der Waals surface area (Å²) in [4.78, 5) is 27.5. The number of nitrogens with zero attached hydrogens (tertiary/aromatic N) is 2. The summed E-state index contributed by atoms with van der Waals surface area (Å²) in [5, 5.41) is 0. The molecule has 2 rings (SSSR count). The molecule has 1 aliphatic rings. The van der Waals surface area contributed by atoms with Crippen LogP contribution in [0.5, 0.6) is 0 Å². The molecule has 18 heavy (non-hydrogen) atoms. The fraction of sp³-hybridized carbons (Fsp3) is 0.429. The van der Waals surface area contributed by atoms with Crippen molar-refractivity contribution in [2.24, 2.45) is 0 Å². The number of benzene rings is 1. The van der Waals surface area contributed by atoms with E-state index in [-0.39, 0.29) is 17.9 Å². The van der Waals surface area contributed by atoms with Gasteiger partial charge in [0.2, 0.25) is 5.91 Å². The van der Waals surface area contributed by atoms with E-state index in [0.717, 1.165) is 12.1 Å². The van der Waals surface area contributed by atoms with Gasteiger partial charge in [-0.3, -0.25) is 9.59 Å². The van der Waals surface area contributed by atoms with Gasteiger partial charge < -0.3 is 9.80 Å². The third-order valence-corrected chi connectivity index (χ3v) is 3.56. The first-order valence-corrected chi connectivity index (χ1v) is 6.10. The van der Waals surface area contributed by atoms with Gasteiger partial charge in [-0.05, 0) is 25.0 Å². The number of carbonyl (C=O) groups is 2. The second-order valence-corrected chi connectivity index (χ2v) is 4.80. The predicted octanol–water partition coefficient (Wildman–Crippen LogP) is 1.30. The second kappa shape index (κ2) is 4.80. The van der Waals surface area contributed by atoms with Gasteiger partial charge in [-0.15, -0.1) is 0 Å². The summed E-state index contributed by atoms with van der Waals surface area (Å²) in [6.45, 7) is 2.62. The van der Waals surface area contributed by atoms with Crippen molar-refractivity contribution < 1.29 is 9.59 Å². The number of amides is 2. The predicted molar refractivity (Wildman–Crippen MR) is 69.3 cm³/mol. The maximum Gasteiger partial charge on any atom is 0.254 e. The second-order valence-electron chi connectivity index (χ2n) is 4.80. The molecule has 1 saturated heterocycles. The molecule has 0 spiro atoms. The molecule has 1 aliphatic heterocycles. The largest absolute Gasteiger partial charge is 0.344 e. The minimum absolute atomic E-state index is 0.0273. The van der Waals surface area contributed by atoms with Gasteiger partial charge in [0, 0.05) is 26.2 Å². The van der Waals surface area contributed by atoms with Crippen LogP contribution < -0.4 is 0 Å². The zero-order valence-corrected chi connectivity index (χ0v) is 11.0. The quantitative estimate of drug-likeness (QED) is 0.789. The lowest BCUT2D eigenvalue weighted by Crippen LogP contribution is -2.42. The first kappa shape index (κ1) is 12.6. The molecule has 0 saturated carbocycles. The molecule has 1 fully saturated rings. The summed E-state index contributed by atoms with van der Waals surface area (Å²) in [6, 6.07) is 7.14. The Balaban J connectivity index is 2.20. The molecule has 2 amide bonds. The van der Waals surface area contributed by atoms with Gasteiger partial charge in [0.25, 0.3) is 5.91 Å². The van der Waals surface area contributed by atoms with Gasteiger partial charge in [0.1, 0.15) is 6.04 Å². The van der Waals surface area contributed by atoms with Gasteiger partial charge in [-0.2, -0.15) is 0 Å². The van der Waals surface area contributed by atoms with Gasteiger partial charge in [0.05, 0.1) is 0 Å². The van der Waals surface area contributed by atoms with E-state index in [2.05, 4.69) is 0 Å². The summed E-state index contributed by atoms with van der Waals surface area (Å²) < 4.78 is 0. The number of aryl methyl sites for hydroxylation is 1. The molecule has 4 heteroatoms. The Morgan fingerprint density at radius 3 is 2.61 bits per heavy atom. The molecule has 1 aromatic rings. The lowest BCUT2D eigenvalue weighted by atomic mass is 10.1. The zero-order chi connectivity index (χ0) is 13.3. The van der Waals surface area contributed by atoms with Gasteiger partial charge in [-0.1, -0.05) is 18.2 Å². The van der Waals surface area contributed by atoms with Gasteiger partial charge in [0.15, 0.2) is 0 Å². The molecular weight excluding hydrogens is 228 g/mol. The molecule has 1 atom stereocenters. The van der Waals surface area contributed by atoms with E-state index in [0.29, 0.717) is 12.0 Å². The van der Waals surface area contributed by atoms with Crippen LogP contribution in [0.2, 0.25) is 0 Å². The van der Waals surface area contributed by atoms with Crippen molar-refractivity contribution in [1.82, 2.24) is 9.80 Å². The Kier molecular flexibility index (Phi) is 3.36. The molecule has 0 bridgehead atoms. The molecule has 0 aliphatic carbocycles. The number of rotatable bonds is 2. The smallest absolute Gasteiger partial charge is 0.254 e. The lowest BCUT2D eigenvalue weighted by Gasteiger charge is -2.23. The van der Waals surface area contributed by atoms with Gasteiger partial charge >= 0.3 is 0 Å². The van der Waals surface area contributed by atoms with E-state index in [4.69, 9.17) is 0 Å². The van der Waals surface area contributed by atoms with E-state index < -0.39 is 0 Å². The van der Waals surface area contributed by atoms with Crippen molar-refractivity contribution in [1.29, 1.82) is 0 Å². The normalized spacial score (nSPS) is 19.2. The molecular formula is C14H18N2O2. The average Bonchev–Trinajstić information content (AvgIpc) is 2.69. The van der Waals surface area contributed by atoms with Crippen LogP contribution in [0.15, 0.2) is 24.3 Å². The minimum Gasteiger partial charge on any atom is -0.344 e. The summed E-state index contributed by atoms with van der Waals surface area (Å²) in [5.74, 6) is -0.0545. The molecule has 4 nitrogen and oxygen atoms in total. The van der Waals surface area contributed by atoms with Crippen LogP contribution in [0.25, 0.3) is 0 Å². The highest BCUT2D eigenvalue weighted by atomic mass is 16.2. The van der Waals surface area contributed by atoms with Crippen molar-refractivity contribution in [3.63, 3.8) is 0 Å². The van der Waals surface area contributed by atoms with Crippen LogP contribution in [0.3, 0.4) is 0 Å². The summed E-state index contributed by atoms with van der Waals surface area (Å²) in [7, 11) is 3.48. The van der Waals surface area contributed by atoms with Crippen LogP contribution in [-0.4, -0.2) is 48.3 Å². The summed E-state index contributed by atoms with van der Waals surface area (Å²) >= 11 is 0. The van der Waals surface area contributed by atoms with E-state index in [1.165, 1.54) is 0 Å². The molecule has 1 heterocycles. The number of hydrogen-bond donors (Lipinski definition) is 0. The molecule has 0 radical (unpaired) electrons.